The van der Waals surface area contributed by atoms with Crippen LogP contribution in [0.3, 0.4) is 0 Å². The highest BCUT2D eigenvalue weighted by atomic mass is 32.1. The van der Waals surface area contributed by atoms with Crippen LogP contribution in [-0.4, -0.2) is 22.6 Å². The van der Waals surface area contributed by atoms with Gasteiger partial charge in [-0.15, -0.1) is 11.3 Å². The first kappa shape index (κ1) is 13.2. The van der Waals surface area contributed by atoms with E-state index in [2.05, 4.69) is 22.1 Å². The minimum Gasteiger partial charge on any atom is -0.384 e. The Morgan fingerprint density at radius 2 is 2.32 bits per heavy atom. The summed E-state index contributed by atoms with van der Waals surface area (Å²) in [6, 6.07) is 4.65. The van der Waals surface area contributed by atoms with Gasteiger partial charge in [-0.3, -0.25) is 9.78 Å². The van der Waals surface area contributed by atoms with Gasteiger partial charge in [0.2, 0.25) is 0 Å². The van der Waals surface area contributed by atoms with Crippen molar-refractivity contribution in [3.63, 3.8) is 0 Å². The Bertz CT molecular complexity index is 658. The van der Waals surface area contributed by atoms with Gasteiger partial charge in [0.25, 0.3) is 5.91 Å². The number of anilines is 1. The van der Waals surface area contributed by atoms with Crippen molar-refractivity contribution in [2.45, 2.75) is 0 Å². The van der Waals surface area contributed by atoms with E-state index in [1.54, 1.807) is 12.1 Å². The van der Waals surface area contributed by atoms with Crippen LogP contribution < -0.4 is 5.32 Å². The summed E-state index contributed by atoms with van der Waals surface area (Å²) in [4.78, 5) is 16.5. The molecule has 6 heteroatoms. The molecule has 0 fully saturated rings. The summed E-state index contributed by atoms with van der Waals surface area (Å²) in [5.41, 5.74) is 0.0800. The van der Waals surface area contributed by atoms with Gasteiger partial charge in [0.1, 0.15) is 6.61 Å². The Hall–Kier alpha value is -2.23. The normalized spacial score (nSPS) is 9.58. The Morgan fingerprint density at radius 1 is 1.47 bits per heavy atom. The SMILES string of the molecule is O=C(Nc1ccncc1F)c1ccc(C#CCO)s1. The highest BCUT2D eigenvalue weighted by Crippen LogP contribution is 2.18. The quantitative estimate of drug-likeness (QED) is 0.823. The van der Waals surface area contributed by atoms with Gasteiger partial charge < -0.3 is 10.4 Å². The Kier molecular flexibility index (Phi) is 4.23. The van der Waals surface area contributed by atoms with Gasteiger partial charge in [-0.1, -0.05) is 11.8 Å². The fourth-order valence-corrected chi connectivity index (χ4v) is 2.09. The van der Waals surface area contributed by atoms with E-state index in [1.165, 1.54) is 23.6 Å². The lowest BCUT2D eigenvalue weighted by molar-refractivity contribution is 0.103. The molecule has 0 aromatic carbocycles. The van der Waals surface area contributed by atoms with Gasteiger partial charge in [-0.2, -0.15) is 0 Å². The zero-order chi connectivity index (χ0) is 13.7. The van der Waals surface area contributed by atoms with Gasteiger partial charge in [0, 0.05) is 6.20 Å². The number of carbonyl (C=O) groups is 1. The molecule has 0 aliphatic carbocycles. The number of aliphatic hydroxyl groups is 1. The number of nitrogens with one attached hydrogen (secondary N) is 1. The van der Waals surface area contributed by atoms with Crippen molar-refractivity contribution in [3.8, 4) is 11.8 Å². The predicted molar refractivity (Wildman–Crippen MR) is 70.4 cm³/mol. The molecule has 2 rings (SSSR count). The zero-order valence-electron chi connectivity index (χ0n) is 9.68. The average molecular weight is 276 g/mol. The fourth-order valence-electron chi connectivity index (χ4n) is 1.31. The molecule has 0 aliphatic rings. The number of carbonyl (C=O) groups excluding carboxylic acids is 1. The van der Waals surface area contributed by atoms with Crippen molar-refractivity contribution >= 4 is 22.9 Å². The molecule has 2 aromatic heterocycles. The van der Waals surface area contributed by atoms with Crippen molar-refractivity contribution in [2.24, 2.45) is 0 Å². The smallest absolute Gasteiger partial charge is 0.265 e. The Morgan fingerprint density at radius 3 is 3.05 bits per heavy atom. The number of aliphatic hydroxyl groups excluding tert-OH is 1. The highest BCUT2D eigenvalue weighted by molar-refractivity contribution is 7.14. The summed E-state index contributed by atoms with van der Waals surface area (Å²) >= 11 is 1.17. The predicted octanol–water partition coefficient (Wildman–Crippen LogP) is 1.88. The van der Waals surface area contributed by atoms with E-state index in [4.69, 9.17) is 5.11 Å². The molecule has 96 valence electrons. The van der Waals surface area contributed by atoms with Gasteiger partial charge in [-0.25, -0.2) is 4.39 Å². The molecule has 0 saturated heterocycles. The van der Waals surface area contributed by atoms with Crippen LogP contribution in [0.5, 0.6) is 0 Å². The molecule has 2 N–H and O–H groups in total. The largest absolute Gasteiger partial charge is 0.384 e. The highest BCUT2D eigenvalue weighted by Gasteiger charge is 2.11. The summed E-state index contributed by atoms with van der Waals surface area (Å²) in [5.74, 6) is 4.19. The number of nitrogens with zero attached hydrogens (tertiary/aromatic N) is 1. The van der Waals surface area contributed by atoms with Crippen molar-refractivity contribution in [1.82, 2.24) is 4.98 Å². The number of amides is 1. The van der Waals surface area contributed by atoms with E-state index < -0.39 is 11.7 Å². The molecule has 0 aliphatic heterocycles. The third-order valence-corrected chi connectivity index (χ3v) is 3.14. The fraction of sp³-hybridized carbons (Fsp3) is 0.0769. The maximum atomic E-state index is 13.3. The lowest BCUT2D eigenvalue weighted by Crippen LogP contribution is -2.11. The van der Waals surface area contributed by atoms with Crippen molar-refractivity contribution in [1.29, 1.82) is 0 Å². The number of pyridine rings is 1. The maximum absolute atomic E-state index is 13.3. The van der Waals surface area contributed by atoms with Crippen molar-refractivity contribution < 1.29 is 14.3 Å². The van der Waals surface area contributed by atoms with Gasteiger partial charge in [0.05, 0.1) is 21.6 Å². The van der Waals surface area contributed by atoms with E-state index in [0.717, 1.165) is 6.20 Å². The number of aromatic nitrogens is 1. The summed E-state index contributed by atoms with van der Waals surface area (Å²) in [6.07, 6.45) is 2.42. The summed E-state index contributed by atoms with van der Waals surface area (Å²) in [5, 5.41) is 11.0. The van der Waals surface area contributed by atoms with Crippen LogP contribution in [0.4, 0.5) is 10.1 Å². The van der Waals surface area contributed by atoms with Gasteiger partial charge in [0.15, 0.2) is 5.82 Å². The summed E-state index contributed by atoms with van der Waals surface area (Å²) in [6.45, 7) is -0.234. The molecule has 0 spiro atoms. The third kappa shape index (κ3) is 3.37. The number of hydrogen-bond donors (Lipinski definition) is 2. The first-order valence-corrected chi connectivity index (χ1v) is 6.13. The molecule has 0 atom stereocenters. The van der Waals surface area contributed by atoms with Crippen LogP contribution in [0.15, 0.2) is 30.6 Å². The minimum atomic E-state index is -0.590. The van der Waals surface area contributed by atoms with Crippen LogP contribution in [-0.2, 0) is 0 Å². The average Bonchev–Trinajstić information content (AvgIpc) is 2.88. The molecule has 0 radical (unpaired) electrons. The molecular weight excluding hydrogens is 267 g/mol. The second kappa shape index (κ2) is 6.09. The number of hydrogen-bond acceptors (Lipinski definition) is 4. The lowest BCUT2D eigenvalue weighted by Gasteiger charge is -2.03. The van der Waals surface area contributed by atoms with E-state index in [0.29, 0.717) is 9.75 Å². The second-order valence-corrected chi connectivity index (χ2v) is 4.52. The van der Waals surface area contributed by atoms with Gasteiger partial charge in [-0.05, 0) is 18.2 Å². The summed E-state index contributed by atoms with van der Waals surface area (Å²) < 4.78 is 13.3. The van der Waals surface area contributed by atoms with Crippen LogP contribution >= 0.6 is 11.3 Å². The molecular formula is C13H9FN2O2S. The molecule has 4 nitrogen and oxygen atoms in total. The van der Waals surface area contributed by atoms with Crippen molar-refractivity contribution in [3.05, 3.63) is 46.2 Å². The number of thiophene rings is 1. The molecule has 2 aromatic rings. The van der Waals surface area contributed by atoms with E-state index >= 15 is 0 Å². The Labute approximate surface area is 112 Å². The topological polar surface area (TPSA) is 62.2 Å². The number of halogens is 1. The van der Waals surface area contributed by atoms with Crippen LogP contribution in [0, 0.1) is 17.7 Å². The maximum Gasteiger partial charge on any atom is 0.265 e. The Balaban J connectivity index is 2.12. The van der Waals surface area contributed by atoms with E-state index in [9.17, 15) is 9.18 Å². The van der Waals surface area contributed by atoms with Crippen LogP contribution in [0.25, 0.3) is 0 Å². The van der Waals surface area contributed by atoms with Crippen LogP contribution in [0.2, 0.25) is 0 Å². The van der Waals surface area contributed by atoms with Gasteiger partial charge >= 0.3 is 0 Å². The molecule has 2 heterocycles. The number of rotatable bonds is 2. The van der Waals surface area contributed by atoms with Crippen molar-refractivity contribution in [2.75, 3.05) is 11.9 Å². The third-order valence-electron chi connectivity index (χ3n) is 2.14. The molecule has 0 unspecified atom stereocenters. The first-order valence-electron chi connectivity index (χ1n) is 5.31. The monoisotopic (exact) mass is 276 g/mol. The first-order chi connectivity index (χ1) is 9.20. The standard InChI is InChI=1S/C13H9FN2O2S/c14-10-8-15-6-5-11(10)16-13(18)12-4-3-9(19-12)2-1-7-17/h3-6,8,17H,7H2,(H,15,16,18). The molecule has 19 heavy (non-hydrogen) atoms. The minimum absolute atomic E-state index is 0.0800. The summed E-state index contributed by atoms with van der Waals surface area (Å²) in [7, 11) is 0. The zero-order valence-corrected chi connectivity index (χ0v) is 10.5. The van der Waals surface area contributed by atoms with E-state index in [-0.39, 0.29) is 12.3 Å². The second-order valence-electron chi connectivity index (χ2n) is 3.43. The molecule has 1 amide bonds. The lowest BCUT2D eigenvalue weighted by atomic mass is 10.3. The van der Waals surface area contributed by atoms with E-state index in [1.807, 2.05) is 0 Å². The van der Waals surface area contributed by atoms with Crippen LogP contribution in [0.1, 0.15) is 14.5 Å². The molecule has 0 saturated carbocycles. The molecule has 0 bridgehead atoms.